The molecular weight excluding hydrogens is 261 g/mol. The smallest absolute Gasteiger partial charge is 0.254 e. The lowest BCUT2D eigenvalue weighted by Gasteiger charge is -2.23. The van der Waals surface area contributed by atoms with Gasteiger partial charge >= 0.3 is 0 Å². The number of rotatable bonds is 2. The van der Waals surface area contributed by atoms with E-state index in [1.807, 2.05) is 0 Å². The third kappa shape index (κ3) is 3.80. The average molecular weight is 277 g/mol. The molecule has 5 heteroatoms. The Morgan fingerprint density at radius 3 is 2.90 bits per heavy atom. The van der Waals surface area contributed by atoms with Gasteiger partial charge in [0.05, 0.1) is 5.56 Å². The summed E-state index contributed by atoms with van der Waals surface area (Å²) >= 11 is 0. The molecule has 20 heavy (non-hydrogen) atoms. The number of carbonyl (C=O) groups excluding carboxylic acids is 1. The first-order chi connectivity index (χ1) is 9.70. The van der Waals surface area contributed by atoms with Gasteiger partial charge in [0.1, 0.15) is 12.4 Å². The second-order valence-electron chi connectivity index (χ2n) is 4.51. The standard InChI is InChI=1S/C15H16FNO3/c16-14-4-3-11(2-1-7-18)10-13(14)15(19)17-12-5-8-20-9-6-12/h3-4,10,12,18H,5-9H2,(H,17,19). The van der Waals surface area contributed by atoms with Crippen molar-refractivity contribution in [2.24, 2.45) is 0 Å². The minimum atomic E-state index is -0.580. The van der Waals surface area contributed by atoms with Crippen molar-refractivity contribution >= 4 is 5.91 Å². The first-order valence-electron chi connectivity index (χ1n) is 6.48. The van der Waals surface area contributed by atoms with Crippen LogP contribution in [-0.4, -0.2) is 36.9 Å². The third-order valence-electron chi connectivity index (χ3n) is 3.08. The van der Waals surface area contributed by atoms with Crippen molar-refractivity contribution in [1.29, 1.82) is 0 Å². The fraction of sp³-hybridized carbons (Fsp3) is 0.400. The van der Waals surface area contributed by atoms with Gasteiger partial charge in [-0.25, -0.2) is 4.39 Å². The average Bonchev–Trinajstić information content (AvgIpc) is 2.47. The maximum atomic E-state index is 13.7. The molecule has 0 saturated carbocycles. The van der Waals surface area contributed by atoms with Crippen molar-refractivity contribution in [3.63, 3.8) is 0 Å². The van der Waals surface area contributed by atoms with Gasteiger partial charge in [-0.2, -0.15) is 0 Å². The Labute approximate surface area is 116 Å². The molecule has 106 valence electrons. The van der Waals surface area contributed by atoms with E-state index in [-0.39, 0.29) is 18.2 Å². The summed E-state index contributed by atoms with van der Waals surface area (Å²) in [7, 11) is 0. The lowest BCUT2D eigenvalue weighted by Crippen LogP contribution is -2.39. The van der Waals surface area contributed by atoms with E-state index in [1.54, 1.807) is 0 Å². The zero-order valence-corrected chi connectivity index (χ0v) is 11.0. The van der Waals surface area contributed by atoms with E-state index in [4.69, 9.17) is 9.84 Å². The summed E-state index contributed by atoms with van der Waals surface area (Å²) in [6.07, 6.45) is 1.47. The molecule has 0 unspecified atom stereocenters. The third-order valence-corrected chi connectivity index (χ3v) is 3.08. The lowest BCUT2D eigenvalue weighted by molar-refractivity contribution is 0.0694. The molecule has 1 saturated heterocycles. The highest BCUT2D eigenvalue weighted by atomic mass is 19.1. The van der Waals surface area contributed by atoms with E-state index in [1.165, 1.54) is 18.2 Å². The van der Waals surface area contributed by atoms with Gasteiger partial charge in [-0.3, -0.25) is 4.79 Å². The van der Waals surface area contributed by atoms with Gasteiger partial charge in [-0.05, 0) is 31.0 Å². The van der Waals surface area contributed by atoms with Crippen LogP contribution in [0.1, 0.15) is 28.8 Å². The van der Waals surface area contributed by atoms with Gasteiger partial charge in [0.15, 0.2) is 0 Å². The molecule has 1 aromatic rings. The molecule has 1 aromatic carbocycles. The number of halogens is 1. The molecule has 0 bridgehead atoms. The summed E-state index contributed by atoms with van der Waals surface area (Å²) < 4.78 is 18.9. The molecule has 0 aromatic heterocycles. The SMILES string of the molecule is O=C(NC1CCOCC1)c1cc(C#CCO)ccc1F. The van der Waals surface area contributed by atoms with Crippen LogP contribution in [0.3, 0.4) is 0 Å². The maximum Gasteiger partial charge on any atom is 0.254 e. The van der Waals surface area contributed by atoms with Crippen LogP contribution in [0.5, 0.6) is 0 Å². The van der Waals surface area contributed by atoms with Crippen molar-refractivity contribution in [3.8, 4) is 11.8 Å². The van der Waals surface area contributed by atoms with Crippen LogP contribution in [0.25, 0.3) is 0 Å². The lowest BCUT2D eigenvalue weighted by atomic mass is 10.1. The number of aliphatic hydroxyl groups excluding tert-OH is 1. The summed E-state index contributed by atoms with van der Waals surface area (Å²) in [5, 5.41) is 11.4. The molecule has 2 rings (SSSR count). The van der Waals surface area contributed by atoms with Gasteiger partial charge in [0, 0.05) is 24.8 Å². The van der Waals surface area contributed by atoms with Crippen molar-refractivity contribution in [2.75, 3.05) is 19.8 Å². The van der Waals surface area contributed by atoms with Crippen LogP contribution in [-0.2, 0) is 4.74 Å². The molecule has 1 aliphatic heterocycles. The Bertz CT molecular complexity index is 542. The van der Waals surface area contributed by atoms with Crippen molar-refractivity contribution in [3.05, 3.63) is 35.1 Å². The van der Waals surface area contributed by atoms with Gasteiger partial charge < -0.3 is 15.2 Å². The molecule has 4 nitrogen and oxygen atoms in total. The predicted molar refractivity (Wildman–Crippen MR) is 71.7 cm³/mol. The quantitative estimate of drug-likeness (QED) is 0.795. The van der Waals surface area contributed by atoms with Crippen LogP contribution in [0.2, 0.25) is 0 Å². The van der Waals surface area contributed by atoms with Crippen LogP contribution >= 0.6 is 0 Å². The number of hydrogen-bond acceptors (Lipinski definition) is 3. The van der Waals surface area contributed by atoms with Crippen LogP contribution < -0.4 is 5.32 Å². The zero-order valence-electron chi connectivity index (χ0n) is 11.0. The van der Waals surface area contributed by atoms with Crippen molar-refractivity contribution < 1.29 is 19.0 Å². The van der Waals surface area contributed by atoms with Gasteiger partial charge in [-0.1, -0.05) is 11.8 Å². The summed E-state index contributed by atoms with van der Waals surface area (Å²) in [5.74, 6) is 4.10. The number of carbonyl (C=O) groups is 1. The normalized spacial score (nSPS) is 15.3. The molecule has 0 aliphatic carbocycles. The highest BCUT2D eigenvalue weighted by Gasteiger charge is 2.19. The second-order valence-corrected chi connectivity index (χ2v) is 4.51. The summed E-state index contributed by atoms with van der Waals surface area (Å²) in [5.41, 5.74) is 0.471. The van der Waals surface area contributed by atoms with Crippen molar-refractivity contribution in [2.45, 2.75) is 18.9 Å². The summed E-state index contributed by atoms with van der Waals surface area (Å²) in [6.45, 7) is 0.936. The topological polar surface area (TPSA) is 58.6 Å². The number of nitrogens with one attached hydrogen (secondary N) is 1. The van der Waals surface area contributed by atoms with Gasteiger partial charge in [-0.15, -0.1) is 0 Å². The van der Waals surface area contributed by atoms with E-state index in [0.29, 0.717) is 18.8 Å². The summed E-state index contributed by atoms with van der Waals surface area (Å²) in [6, 6.07) is 4.10. The number of ether oxygens (including phenoxy) is 1. The number of amides is 1. The second kappa shape index (κ2) is 7.04. The van der Waals surface area contributed by atoms with Gasteiger partial charge in [0.25, 0.3) is 5.91 Å². The van der Waals surface area contributed by atoms with E-state index >= 15 is 0 Å². The Morgan fingerprint density at radius 1 is 1.45 bits per heavy atom. The number of hydrogen-bond donors (Lipinski definition) is 2. The molecule has 1 aliphatic rings. The largest absolute Gasteiger partial charge is 0.384 e. The molecular formula is C15H16FNO3. The first kappa shape index (κ1) is 14.5. The van der Waals surface area contributed by atoms with Crippen LogP contribution in [0.4, 0.5) is 4.39 Å². The summed E-state index contributed by atoms with van der Waals surface area (Å²) in [4.78, 5) is 12.1. The Balaban J connectivity index is 2.11. The molecule has 1 fully saturated rings. The fourth-order valence-electron chi connectivity index (χ4n) is 2.02. The molecule has 1 amide bonds. The van der Waals surface area contributed by atoms with Crippen molar-refractivity contribution in [1.82, 2.24) is 5.32 Å². The van der Waals surface area contributed by atoms with E-state index in [0.717, 1.165) is 12.8 Å². The molecule has 0 spiro atoms. The molecule has 1 heterocycles. The Kier molecular flexibility index (Phi) is 5.10. The minimum Gasteiger partial charge on any atom is -0.384 e. The van der Waals surface area contributed by atoms with E-state index < -0.39 is 11.7 Å². The molecule has 0 radical (unpaired) electrons. The van der Waals surface area contributed by atoms with Gasteiger partial charge in [0.2, 0.25) is 0 Å². The monoisotopic (exact) mass is 277 g/mol. The first-order valence-corrected chi connectivity index (χ1v) is 6.48. The Hall–Kier alpha value is -1.90. The molecule has 2 N–H and O–H groups in total. The fourth-order valence-corrected chi connectivity index (χ4v) is 2.02. The van der Waals surface area contributed by atoms with E-state index in [2.05, 4.69) is 17.2 Å². The highest BCUT2D eigenvalue weighted by Crippen LogP contribution is 2.12. The Morgan fingerprint density at radius 2 is 2.20 bits per heavy atom. The predicted octanol–water partition coefficient (Wildman–Crippen LogP) is 1.08. The number of benzene rings is 1. The zero-order chi connectivity index (χ0) is 14.4. The van der Waals surface area contributed by atoms with E-state index in [9.17, 15) is 9.18 Å². The van der Waals surface area contributed by atoms with Crippen LogP contribution in [0, 0.1) is 17.7 Å². The molecule has 0 atom stereocenters. The maximum absolute atomic E-state index is 13.7. The highest BCUT2D eigenvalue weighted by molar-refractivity contribution is 5.95. The van der Waals surface area contributed by atoms with Crippen LogP contribution in [0.15, 0.2) is 18.2 Å². The number of aliphatic hydroxyl groups is 1. The minimum absolute atomic E-state index is 0.0165.